The normalized spacial score (nSPS) is 11.3. The number of rotatable bonds is 13. The first-order chi connectivity index (χ1) is 17.9. The molecule has 0 radical (unpaired) electrons. The Kier molecular flexibility index (Phi) is 9.74. The summed E-state index contributed by atoms with van der Waals surface area (Å²) in [6.07, 6.45) is -1.09. The summed E-state index contributed by atoms with van der Waals surface area (Å²) in [6, 6.07) is 16.4. The highest BCUT2D eigenvalue weighted by Gasteiger charge is 2.28. The number of esters is 1. The van der Waals surface area contributed by atoms with E-state index in [1.807, 2.05) is 0 Å². The van der Waals surface area contributed by atoms with Crippen molar-refractivity contribution in [2.24, 2.45) is 0 Å². The first-order valence-electron chi connectivity index (χ1n) is 11.3. The number of benzene rings is 3. The summed E-state index contributed by atoms with van der Waals surface area (Å²) in [5, 5.41) is 0. The second kappa shape index (κ2) is 13.2. The minimum absolute atomic E-state index is 0.0802. The van der Waals surface area contributed by atoms with Gasteiger partial charge in [-0.3, -0.25) is 4.79 Å². The van der Waals surface area contributed by atoms with Crippen LogP contribution < -0.4 is 23.7 Å². The van der Waals surface area contributed by atoms with Gasteiger partial charge in [0.2, 0.25) is 5.78 Å². The lowest BCUT2D eigenvalue weighted by molar-refractivity contribution is 0.0275. The smallest absolute Gasteiger partial charge is 0.338 e. The van der Waals surface area contributed by atoms with E-state index < -0.39 is 17.9 Å². The van der Waals surface area contributed by atoms with Crippen molar-refractivity contribution >= 4 is 11.8 Å². The highest BCUT2D eigenvalue weighted by molar-refractivity contribution is 6.04. The minimum Gasteiger partial charge on any atom is -0.497 e. The fourth-order valence-corrected chi connectivity index (χ4v) is 3.58. The number of hydrogen-bond donors (Lipinski definition) is 0. The van der Waals surface area contributed by atoms with Gasteiger partial charge in [0.1, 0.15) is 17.2 Å². The lowest BCUT2D eigenvalue weighted by Gasteiger charge is -2.20. The average Bonchev–Trinajstić information content (AvgIpc) is 2.94. The van der Waals surface area contributed by atoms with Crippen LogP contribution in [0.25, 0.3) is 0 Å². The Morgan fingerprint density at radius 2 is 1.38 bits per heavy atom. The molecular formula is C28H30O9. The largest absolute Gasteiger partial charge is 0.497 e. The molecule has 3 aromatic carbocycles. The van der Waals surface area contributed by atoms with Gasteiger partial charge in [0.15, 0.2) is 24.4 Å². The minimum atomic E-state index is -1.18. The van der Waals surface area contributed by atoms with Crippen molar-refractivity contribution in [3.05, 3.63) is 77.4 Å². The molecule has 0 N–H and O–H groups in total. The number of ether oxygens (including phenoxy) is 7. The fourth-order valence-electron chi connectivity index (χ4n) is 3.58. The number of carbonyl (C=O) groups excluding carboxylic acids is 2. The molecule has 0 aliphatic rings. The van der Waals surface area contributed by atoms with Crippen LogP contribution in [0.4, 0.5) is 0 Å². The number of methoxy groups -OCH3 is 5. The fraction of sp³-hybridized carbons (Fsp3) is 0.286. The van der Waals surface area contributed by atoms with Crippen LogP contribution in [0, 0.1) is 0 Å². The van der Waals surface area contributed by atoms with Crippen molar-refractivity contribution in [1.29, 1.82) is 0 Å². The predicted molar refractivity (Wildman–Crippen MR) is 135 cm³/mol. The Hall–Kier alpha value is -4.24. The van der Waals surface area contributed by atoms with E-state index in [9.17, 15) is 9.59 Å². The van der Waals surface area contributed by atoms with Crippen molar-refractivity contribution in [2.75, 3.05) is 42.3 Å². The summed E-state index contributed by atoms with van der Waals surface area (Å²) in [4.78, 5) is 26.8. The number of Topliss-reactive ketones (excluding diaryl/α,β-unsaturated/α-hetero) is 1. The van der Waals surface area contributed by atoms with E-state index in [0.717, 1.165) is 0 Å². The molecule has 3 aromatic rings. The van der Waals surface area contributed by atoms with Gasteiger partial charge in [-0.15, -0.1) is 0 Å². The molecule has 0 heterocycles. The summed E-state index contributed by atoms with van der Waals surface area (Å²) < 4.78 is 37.5. The van der Waals surface area contributed by atoms with E-state index in [-0.39, 0.29) is 30.1 Å². The van der Waals surface area contributed by atoms with Crippen molar-refractivity contribution < 1.29 is 42.7 Å². The van der Waals surface area contributed by atoms with Gasteiger partial charge in [-0.05, 0) is 54.1 Å². The molecule has 0 bridgehead atoms. The van der Waals surface area contributed by atoms with Crippen LogP contribution in [-0.4, -0.2) is 60.2 Å². The maximum atomic E-state index is 13.8. The summed E-state index contributed by atoms with van der Waals surface area (Å²) >= 11 is 0. The van der Waals surface area contributed by atoms with Gasteiger partial charge in [0.25, 0.3) is 0 Å². The molecule has 1 atom stereocenters. The summed E-state index contributed by atoms with van der Waals surface area (Å²) in [5.74, 6) is 1.24. The average molecular weight is 511 g/mol. The Morgan fingerprint density at radius 3 is 2.00 bits per heavy atom. The molecule has 0 amide bonds. The summed E-state index contributed by atoms with van der Waals surface area (Å²) in [7, 11) is 7.56. The van der Waals surface area contributed by atoms with E-state index in [0.29, 0.717) is 28.6 Å². The van der Waals surface area contributed by atoms with E-state index in [1.165, 1.54) is 35.5 Å². The third-order valence-corrected chi connectivity index (χ3v) is 5.52. The molecule has 196 valence electrons. The Morgan fingerprint density at radius 1 is 0.703 bits per heavy atom. The first kappa shape index (κ1) is 27.3. The van der Waals surface area contributed by atoms with Crippen LogP contribution in [0.3, 0.4) is 0 Å². The first-order valence-corrected chi connectivity index (χ1v) is 11.3. The maximum Gasteiger partial charge on any atom is 0.338 e. The third kappa shape index (κ3) is 6.92. The Labute approximate surface area is 215 Å². The van der Waals surface area contributed by atoms with Crippen LogP contribution in [0.1, 0.15) is 26.3 Å². The van der Waals surface area contributed by atoms with E-state index in [2.05, 4.69) is 0 Å². The summed E-state index contributed by atoms with van der Waals surface area (Å²) in [6.45, 7) is -0.0839. The van der Waals surface area contributed by atoms with Gasteiger partial charge in [0, 0.05) is 19.6 Å². The van der Waals surface area contributed by atoms with Gasteiger partial charge in [-0.2, -0.15) is 0 Å². The van der Waals surface area contributed by atoms with E-state index >= 15 is 0 Å². The molecule has 0 fully saturated rings. The lowest BCUT2D eigenvalue weighted by Crippen LogP contribution is -2.30. The van der Waals surface area contributed by atoms with Crippen LogP contribution >= 0.6 is 0 Å². The van der Waals surface area contributed by atoms with Gasteiger partial charge < -0.3 is 33.2 Å². The molecule has 0 spiro atoms. The maximum absolute atomic E-state index is 13.8. The molecule has 1 unspecified atom stereocenters. The van der Waals surface area contributed by atoms with Crippen LogP contribution in [0.2, 0.25) is 0 Å². The second-order valence-corrected chi connectivity index (χ2v) is 7.79. The molecule has 3 rings (SSSR count). The summed E-state index contributed by atoms with van der Waals surface area (Å²) in [5.41, 5.74) is 1.19. The molecular weight excluding hydrogens is 480 g/mol. The molecule has 0 saturated carbocycles. The van der Waals surface area contributed by atoms with Crippen molar-refractivity contribution in [2.45, 2.75) is 12.5 Å². The van der Waals surface area contributed by atoms with Crippen LogP contribution in [0.5, 0.6) is 28.7 Å². The van der Waals surface area contributed by atoms with Crippen molar-refractivity contribution in [3.63, 3.8) is 0 Å². The van der Waals surface area contributed by atoms with Gasteiger partial charge in [0.05, 0.1) is 39.6 Å². The van der Waals surface area contributed by atoms with Gasteiger partial charge >= 0.3 is 5.97 Å². The standard InChI is InChI=1S/C28H30O9/c1-31-17-36-24-16-21(33-3)11-12-22(24)27(29)26(15-18-6-13-23(34-4)25(14-18)35-5)37-28(30)19-7-9-20(32-2)10-8-19/h6-14,16,26H,15,17H2,1-5H3. The van der Waals surface area contributed by atoms with Crippen LogP contribution in [0.15, 0.2) is 60.7 Å². The highest BCUT2D eigenvalue weighted by Crippen LogP contribution is 2.31. The molecule has 9 nitrogen and oxygen atoms in total. The predicted octanol–water partition coefficient (Wildman–Crippen LogP) is 4.35. The molecule has 0 aliphatic carbocycles. The monoisotopic (exact) mass is 510 g/mol. The zero-order valence-electron chi connectivity index (χ0n) is 21.4. The Balaban J connectivity index is 1.97. The number of hydrogen-bond acceptors (Lipinski definition) is 9. The van der Waals surface area contributed by atoms with E-state index in [4.69, 9.17) is 33.2 Å². The molecule has 0 aliphatic heterocycles. The lowest BCUT2D eigenvalue weighted by atomic mass is 9.98. The Bertz CT molecular complexity index is 1200. The molecule has 0 saturated heterocycles. The molecule has 9 heteroatoms. The van der Waals surface area contributed by atoms with E-state index in [1.54, 1.807) is 60.7 Å². The zero-order chi connectivity index (χ0) is 26.8. The quantitative estimate of drug-likeness (QED) is 0.189. The highest BCUT2D eigenvalue weighted by atomic mass is 16.7. The molecule has 0 aromatic heterocycles. The van der Waals surface area contributed by atoms with Gasteiger partial charge in [-0.25, -0.2) is 4.79 Å². The van der Waals surface area contributed by atoms with Crippen LogP contribution in [-0.2, 0) is 15.9 Å². The SMILES string of the molecule is COCOc1cc(OC)ccc1C(=O)C(Cc1ccc(OC)c(OC)c1)OC(=O)c1ccc(OC)cc1. The number of carbonyl (C=O) groups is 2. The second-order valence-electron chi connectivity index (χ2n) is 7.79. The van der Waals surface area contributed by atoms with Crippen molar-refractivity contribution in [3.8, 4) is 28.7 Å². The topological polar surface area (TPSA) is 98.8 Å². The van der Waals surface area contributed by atoms with Crippen molar-refractivity contribution in [1.82, 2.24) is 0 Å². The number of ketones is 1. The van der Waals surface area contributed by atoms with Gasteiger partial charge in [-0.1, -0.05) is 6.07 Å². The molecule has 37 heavy (non-hydrogen) atoms. The third-order valence-electron chi connectivity index (χ3n) is 5.52. The zero-order valence-corrected chi connectivity index (χ0v) is 21.4.